The summed E-state index contributed by atoms with van der Waals surface area (Å²) < 4.78 is 0.176. The van der Waals surface area contributed by atoms with E-state index in [1.807, 2.05) is 11.8 Å². The molecule has 2 rings (SSSR count). The minimum Gasteiger partial charge on any atom is -0.409 e. The van der Waals surface area contributed by atoms with Crippen molar-refractivity contribution >= 4 is 23.5 Å². The Balaban J connectivity index is 1.93. The highest BCUT2D eigenvalue weighted by Gasteiger charge is 2.54. The van der Waals surface area contributed by atoms with Gasteiger partial charge in [0.2, 0.25) is 5.91 Å². The van der Waals surface area contributed by atoms with Crippen LogP contribution in [0.5, 0.6) is 0 Å². The first-order valence-electron chi connectivity index (χ1n) is 6.90. The second-order valence-corrected chi connectivity index (χ2v) is 6.97. The van der Waals surface area contributed by atoms with E-state index < -0.39 is 5.41 Å². The highest BCUT2D eigenvalue weighted by molar-refractivity contribution is 8.00. The zero-order valence-electron chi connectivity index (χ0n) is 11.4. The molecule has 0 aromatic carbocycles. The molecule has 0 heterocycles. The van der Waals surface area contributed by atoms with Crippen molar-refractivity contribution in [2.45, 2.75) is 49.7 Å². The third-order valence-electron chi connectivity index (χ3n) is 4.55. The lowest BCUT2D eigenvalue weighted by Crippen LogP contribution is -2.47. The van der Waals surface area contributed by atoms with Gasteiger partial charge in [-0.3, -0.25) is 4.79 Å². The summed E-state index contributed by atoms with van der Waals surface area (Å²) in [5, 5.41) is 14.8. The van der Waals surface area contributed by atoms with Crippen LogP contribution >= 0.6 is 11.8 Å². The fourth-order valence-corrected chi connectivity index (χ4v) is 3.79. The Morgan fingerprint density at radius 1 is 1.32 bits per heavy atom. The standard InChI is InChI=1S/C13H23N3O2S/c1-19-12(5-3-2-4-6-12)9-15-11(17)13(7-8-13)10(14)16-18/h18H,2-9H2,1H3,(H2,14,16)(H,15,17). The quantitative estimate of drug-likeness (QED) is 0.310. The van der Waals surface area contributed by atoms with E-state index in [-0.39, 0.29) is 16.5 Å². The molecule has 2 aliphatic rings. The molecular formula is C13H23N3O2S. The van der Waals surface area contributed by atoms with Gasteiger partial charge in [-0.2, -0.15) is 11.8 Å². The number of carbonyl (C=O) groups excluding carboxylic acids is 1. The van der Waals surface area contributed by atoms with Crippen molar-refractivity contribution in [3.05, 3.63) is 0 Å². The number of rotatable bonds is 5. The molecule has 6 heteroatoms. The molecule has 2 aliphatic carbocycles. The van der Waals surface area contributed by atoms with Gasteiger partial charge in [0.25, 0.3) is 0 Å². The third-order valence-corrected chi connectivity index (χ3v) is 5.97. The number of hydrogen-bond donors (Lipinski definition) is 3. The van der Waals surface area contributed by atoms with Crippen molar-refractivity contribution in [1.82, 2.24) is 5.32 Å². The fraction of sp³-hybridized carbons (Fsp3) is 0.846. The number of amidine groups is 1. The van der Waals surface area contributed by atoms with Crippen LogP contribution in [-0.4, -0.2) is 34.5 Å². The van der Waals surface area contributed by atoms with Gasteiger partial charge in [-0.05, 0) is 31.9 Å². The Morgan fingerprint density at radius 3 is 2.42 bits per heavy atom. The first-order valence-corrected chi connectivity index (χ1v) is 8.12. The van der Waals surface area contributed by atoms with Crippen LogP contribution in [0.1, 0.15) is 44.9 Å². The van der Waals surface area contributed by atoms with E-state index in [2.05, 4.69) is 16.7 Å². The van der Waals surface area contributed by atoms with Gasteiger partial charge in [-0.15, -0.1) is 0 Å². The number of carbonyl (C=O) groups is 1. The van der Waals surface area contributed by atoms with Gasteiger partial charge in [0.1, 0.15) is 5.41 Å². The van der Waals surface area contributed by atoms with Crippen LogP contribution in [-0.2, 0) is 4.79 Å². The van der Waals surface area contributed by atoms with Gasteiger partial charge < -0.3 is 16.3 Å². The monoisotopic (exact) mass is 285 g/mol. The molecule has 19 heavy (non-hydrogen) atoms. The van der Waals surface area contributed by atoms with Gasteiger partial charge >= 0.3 is 0 Å². The maximum absolute atomic E-state index is 12.2. The first kappa shape index (κ1) is 14.5. The van der Waals surface area contributed by atoms with Crippen molar-refractivity contribution in [2.75, 3.05) is 12.8 Å². The summed E-state index contributed by atoms with van der Waals surface area (Å²) in [6, 6.07) is 0. The van der Waals surface area contributed by atoms with Gasteiger partial charge in [0, 0.05) is 11.3 Å². The van der Waals surface area contributed by atoms with Crippen LogP contribution in [0.25, 0.3) is 0 Å². The maximum atomic E-state index is 12.2. The van der Waals surface area contributed by atoms with E-state index >= 15 is 0 Å². The number of oxime groups is 1. The Bertz CT molecular complexity index is 374. The largest absolute Gasteiger partial charge is 0.409 e. The molecule has 2 fully saturated rings. The zero-order chi connectivity index (χ0) is 13.9. The number of thioether (sulfide) groups is 1. The molecule has 0 saturated heterocycles. The van der Waals surface area contributed by atoms with Crippen molar-refractivity contribution in [3.8, 4) is 0 Å². The third kappa shape index (κ3) is 2.83. The summed E-state index contributed by atoms with van der Waals surface area (Å²) in [4.78, 5) is 12.2. The van der Waals surface area contributed by atoms with Crippen molar-refractivity contribution in [3.63, 3.8) is 0 Å². The molecule has 0 aliphatic heterocycles. The van der Waals surface area contributed by atoms with Gasteiger partial charge in [-0.1, -0.05) is 24.4 Å². The molecule has 0 atom stereocenters. The minimum absolute atomic E-state index is 0.0480. The lowest BCUT2D eigenvalue weighted by molar-refractivity contribution is -0.124. The van der Waals surface area contributed by atoms with E-state index in [0.717, 1.165) is 12.8 Å². The highest BCUT2D eigenvalue weighted by atomic mass is 32.2. The maximum Gasteiger partial charge on any atom is 0.234 e. The second-order valence-electron chi connectivity index (χ2n) is 5.70. The molecule has 0 aromatic heterocycles. The molecule has 2 saturated carbocycles. The summed E-state index contributed by atoms with van der Waals surface area (Å²) in [5.41, 5.74) is 4.89. The summed E-state index contributed by atoms with van der Waals surface area (Å²) in [5.74, 6) is -0.0337. The van der Waals surface area contributed by atoms with Crippen LogP contribution in [0.4, 0.5) is 0 Å². The topological polar surface area (TPSA) is 87.7 Å². The summed E-state index contributed by atoms with van der Waals surface area (Å²) in [6.07, 6.45) is 9.57. The first-order chi connectivity index (χ1) is 9.08. The number of nitrogens with zero attached hydrogens (tertiary/aromatic N) is 1. The molecule has 0 radical (unpaired) electrons. The van der Waals surface area contributed by atoms with Gasteiger partial charge in [-0.25, -0.2) is 0 Å². The Labute approximate surface area is 118 Å². The van der Waals surface area contributed by atoms with Crippen LogP contribution in [0.15, 0.2) is 5.16 Å². The Morgan fingerprint density at radius 2 is 1.95 bits per heavy atom. The van der Waals surface area contributed by atoms with Crippen LogP contribution < -0.4 is 11.1 Å². The lowest BCUT2D eigenvalue weighted by atomic mass is 9.88. The molecular weight excluding hydrogens is 262 g/mol. The number of amides is 1. The molecule has 4 N–H and O–H groups in total. The van der Waals surface area contributed by atoms with Gasteiger partial charge in [0.15, 0.2) is 5.84 Å². The van der Waals surface area contributed by atoms with E-state index in [1.54, 1.807) is 0 Å². The van der Waals surface area contributed by atoms with Crippen LogP contribution in [0.3, 0.4) is 0 Å². The molecule has 0 spiro atoms. The number of nitrogens with two attached hydrogens (primary N) is 1. The highest BCUT2D eigenvalue weighted by Crippen LogP contribution is 2.46. The van der Waals surface area contributed by atoms with Crippen LogP contribution in [0.2, 0.25) is 0 Å². The van der Waals surface area contributed by atoms with Crippen molar-refractivity contribution in [2.24, 2.45) is 16.3 Å². The summed E-state index contributed by atoms with van der Waals surface area (Å²) >= 11 is 1.85. The Kier molecular flexibility index (Phi) is 4.28. The lowest BCUT2D eigenvalue weighted by Gasteiger charge is -2.36. The molecule has 5 nitrogen and oxygen atoms in total. The normalized spacial score (nSPS) is 24.8. The zero-order valence-corrected chi connectivity index (χ0v) is 12.3. The predicted molar refractivity (Wildman–Crippen MR) is 77.4 cm³/mol. The SMILES string of the molecule is CSC1(CNC(=O)C2(C(N)=NO)CC2)CCCCC1. The fourth-order valence-electron chi connectivity index (χ4n) is 2.88. The summed E-state index contributed by atoms with van der Waals surface area (Å²) in [7, 11) is 0. The Hall–Kier alpha value is -0.910. The van der Waals surface area contributed by atoms with Gasteiger partial charge in [0.05, 0.1) is 0 Å². The van der Waals surface area contributed by atoms with Crippen LogP contribution in [0, 0.1) is 5.41 Å². The molecule has 0 bridgehead atoms. The van der Waals surface area contributed by atoms with E-state index in [0.29, 0.717) is 19.4 Å². The van der Waals surface area contributed by atoms with Crippen molar-refractivity contribution in [1.29, 1.82) is 0 Å². The van der Waals surface area contributed by atoms with E-state index in [9.17, 15) is 4.79 Å². The molecule has 0 aromatic rings. The minimum atomic E-state index is -0.733. The predicted octanol–water partition coefficient (Wildman–Crippen LogP) is 1.70. The van der Waals surface area contributed by atoms with Crippen molar-refractivity contribution < 1.29 is 10.0 Å². The molecule has 108 valence electrons. The second kappa shape index (κ2) is 5.61. The van der Waals surface area contributed by atoms with E-state index in [1.165, 1.54) is 19.3 Å². The smallest absolute Gasteiger partial charge is 0.234 e. The number of nitrogens with one attached hydrogen (secondary N) is 1. The number of hydrogen-bond acceptors (Lipinski definition) is 4. The average molecular weight is 285 g/mol. The molecule has 1 amide bonds. The average Bonchev–Trinajstić information content (AvgIpc) is 3.26. The van der Waals surface area contributed by atoms with E-state index in [4.69, 9.17) is 10.9 Å². The molecule has 0 unspecified atom stereocenters. The summed E-state index contributed by atoms with van der Waals surface area (Å²) in [6.45, 7) is 0.688.